The summed E-state index contributed by atoms with van der Waals surface area (Å²) >= 11 is 6.10. The molecule has 2 aromatic rings. The Morgan fingerprint density at radius 2 is 1.89 bits per heavy atom. The van der Waals surface area contributed by atoms with Crippen molar-refractivity contribution in [3.63, 3.8) is 0 Å². The first kappa shape index (κ1) is 19.8. The molecule has 0 bridgehead atoms. The minimum atomic E-state index is -1.09. The SMILES string of the molecule is O=C(CNC(=O)[C@H]1CC(=O)N(c2ccccc2Cl)C1)Nc1ccc(F)c(F)c1. The molecular formula is C19H16ClF2N3O3. The highest BCUT2D eigenvalue weighted by atomic mass is 35.5. The Bertz CT molecular complexity index is 938. The highest BCUT2D eigenvalue weighted by Gasteiger charge is 2.35. The monoisotopic (exact) mass is 407 g/mol. The standard InChI is InChI=1S/C19H16ClF2N3O3/c20-13-3-1-2-4-16(13)25-10-11(7-18(25)27)19(28)23-9-17(26)24-12-5-6-14(21)15(22)8-12/h1-6,8,11H,7,9-10H2,(H,23,28)(H,24,26)/t11-/m0/s1. The van der Waals surface area contributed by atoms with Crippen molar-refractivity contribution in [2.75, 3.05) is 23.3 Å². The van der Waals surface area contributed by atoms with Crippen molar-refractivity contribution >= 4 is 40.7 Å². The van der Waals surface area contributed by atoms with Gasteiger partial charge in [-0.25, -0.2) is 8.78 Å². The maximum atomic E-state index is 13.1. The fourth-order valence-electron chi connectivity index (χ4n) is 2.88. The second kappa shape index (κ2) is 8.35. The average Bonchev–Trinajstić information content (AvgIpc) is 3.05. The first-order chi connectivity index (χ1) is 13.3. The van der Waals surface area contributed by atoms with E-state index >= 15 is 0 Å². The van der Waals surface area contributed by atoms with Crippen molar-refractivity contribution in [1.82, 2.24) is 5.32 Å². The maximum Gasteiger partial charge on any atom is 0.243 e. The third-order valence-corrected chi connectivity index (χ3v) is 4.59. The number of amides is 3. The van der Waals surface area contributed by atoms with Gasteiger partial charge in [0.05, 0.1) is 23.2 Å². The zero-order valence-corrected chi connectivity index (χ0v) is 15.3. The minimum absolute atomic E-state index is 0.00183. The summed E-state index contributed by atoms with van der Waals surface area (Å²) in [6, 6.07) is 9.75. The summed E-state index contributed by atoms with van der Waals surface area (Å²) < 4.78 is 26.0. The summed E-state index contributed by atoms with van der Waals surface area (Å²) in [6.07, 6.45) is 0.00183. The van der Waals surface area contributed by atoms with E-state index in [1.807, 2.05) is 0 Å². The summed E-state index contributed by atoms with van der Waals surface area (Å²) in [7, 11) is 0. The highest BCUT2D eigenvalue weighted by molar-refractivity contribution is 6.33. The van der Waals surface area contributed by atoms with E-state index in [1.165, 1.54) is 11.0 Å². The molecule has 0 aromatic heterocycles. The van der Waals surface area contributed by atoms with Crippen LogP contribution in [0.4, 0.5) is 20.2 Å². The second-order valence-corrected chi connectivity index (χ2v) is 6.66. The van der Waals surface area contributed by atoms with Crippen LogP contribution in [0.2, 0.25) is 5.02 Å². The maximum absolute atomic E-state index is 13.1. The highest BCUT2D eigenvalue weighted by Crippen LogP contribution is 2.30. The number of benzene rings is 2. The molecule has 0 spiro atoms. The lowest BCUT2D eigenvalue weighted by Gasteiger charge is -2.18. The van der Waals surface area contributed by atoms with Gasteiger partial charge in [-0.1, -0.05) is 23.7 Å². The van der Waals surface area contributed by atoms with Crippen molar-refractivity contribution in [2.24, 2.45) is 5.92 Å². The second-order valence-electron chi connectivity index (χ2n) is 6.25. The smallest absolute Gasteiger partial charge is 0.243 e. The number of rotatable bonds is 5. The Labute approximate surface area is 164 Å². The van der Waals surface area contributed by atoms with Gasteiger partial charge in [-0.15, -0.1) is 0 Å². The molecule has 28 heavy (non-hydrogen) atoms. The molecule has 1 fully saturated rings. The van der Waals surface area contributed by atoms with Crippen LogP contribution in [0, 0.1) is 17.6 Å². The van der Waals surface area contributed by atoms with Gasteiger partial charge in [0, 0.05) is 24.7 Å². The average molecular weight is 408 g/mol. The van der Waals surface area contributed by atoms with Crippen molar-refractivity contribution in [2.45, 2.75) is 6.42 Å². The summed E-state index contributed by atoms with van der Waals surface area (Å²) in [6.45, 7) is -0.214. The number of nitrogens with zero attached hydrogens (tertiary/aromatic N) is 1. The number of carbonyl (C=O) groups excluding carboxylic acids is 3. The number of nitrogens with one attached hydrogen (secondary N) is 2. The summed E-state index contributed by atoms with van der Waals surface area (Å²) in [5.41, 5.74) is 0.597. The van der Waals surface area contributed by atoms with Gasteiger partial charge in [0.1, 0.15) is 0 Å². The first-order valence-corrected chi connectivity index (χ1v) is 8.80. The molecule has 2 N–H and O–H groups in total. The first-order valence-electron chi connectivity index (χ1n) is 8.42. The number of hydrogen-bond acceptors (Lipinski definition) is 3. The van der Waals surface area contributed by atoms with Gasteiger partial charge in [-0.2, -0.15) is 0 Å². The Hall–Kier alpha value is -3.00. The number of halogens is 3. The topological polar surface area (TPSA) is 78.5 Å². The molecule has 1 aliphatic rings. The Kier molecular flexibility index (Phi) is 5.89. The van der Waals surface area contributed by atoms with Crippen LogP contribution in [0.3, 0.4) is 0 Å². The normalized spacial score (nSPS) is 16.2. The molecule has 0 unspecified atom stereocenters. The molecule has 1 aliphatic heterocycles. The molecule has 6 nitrogen and oxygen atoms in total. The number of hydrogen-bond donors (Lipinski definition) is 2. The van der Waals surface area contributed by atoms with Gasteiger partial charge in [0.15, 0.2) is 11.6 Å². The molecule has 1 saturated heterocycles. The third-order valence-electron chi connectivity index (χ3n) is 4.27. The predicted molar refractivity (Wildman–Crippen MR) is 99.9 cm³/mol. The largest absolute Gasteiger partial charge is 0.347 e. The zero-order valence-electron chi connectivity index (χ0n) is 14.5. The molecule has 1 atom stereocenters. The summed E-state index contributed by atoms with van der Waals surface area (Å²) in [5, 5.41) is 5.20. The molecule has 3 amide bonds. The van der Waals surface area contributed by atoms with Gasteiger partial charge in [0.2, 0.25) is 17.7 Å². The zero-order chi connectivity index (χ0) is 20.3. The van der Waals surface area contributed by atoms with Gasteiger partial charge in [0.25, 0.3) is 0 Å². The van der Waals surface area contributed by atoms with Crippen LogP contribution in [0.1, 0.15) is 6.42 Å². The van der Waals surface area contributed by atoms with Crippen LogP contribution >= 0.6 is 11.6 Å². The fourth-order valence-corrected chi connectivity index (χ4v) is 3.12. The number of para-hydroxylation sites is 1. The molecule has 3 rings (SSSR count). The van der Waals surface area contributed by atoms with E-state index in [-0.39, 0.29) is 31.1 Å². The van der Waals surface area contributed by atoms with Crippen LogP contribution in [0.25, 0.3) is 0 Å². The molecule has 146 valence electrons. The summed E-state index contributed by atoms with van der Waals surface area (Å²) in [4.78, 5) is 37.8. The van der Waals surface area contributed by atoms with E-state index < -0.39 is 29.4 Å². The van der Waals surface area contributed by atoms with E-state index in [4.69, 9.17) is 11.6 Å². The van der Waals surface area contributed by atoms with E-state index in [2.05, 4.69) is 10.6 Å². The van der Waals surface area contributed by atoms with Gasteiger partial charge in [-0.05, 0) is 24.3 Å². The minimum Gasteiger partial charge on any atom is -0.347 e. The van der Waals surface area contributed by atoms with Crippen molar-refractivity contribution < 1.29 is 23.2 Å². The molecule has 0 aliphatic carbocycles. The van der Waals surface area contributed by atoms with Crippen molar-refractivity contribution in [1.29, 1.82) is 0 Å². The van der Waals surface area contributed by atoms with Crippen LogP contribution in [0.15, 0.2) is 42.5 Å². The Balaban J connectivity index is 1.54. The van der Waals surface area contributed by atoms with Crippen molar-refractivity contribution in [3.8, 4) is 0 Å². The molecule has 9 heteroatoms. The van der Waals surface area contributed by atoms with Gasteiger partial charge >= 0.3 is 0 Å². The fraction of sp³-hybridized carbons (Fsp3) is 0.211. The number of carbonyl (C=O) groups is 3. The van der Waals surface area contributed by atoms with Crippen LogP contribution in [0.5, 0.6) is 0 Å². The third kappa shape index (κ3) is 4.45. The van der Waals surface area contributed by atoms with E-state index in [0.717, 1.165) is 12.1 Å². The Morgan fingerprint density at radius 1 is 1.14 bits per heavy atom. The van der Waals surface area contributed by atoms with E-state index in [9.17, 15) is 23.2 Å². The van der Waals surface area contributed by atoms with Gasteiger partial charge in [-0.3, -0.25) is 14.4 Å². The van der Waals surface area contributed by atoms with Crippen LogP contribution in [-0.2, 0) is 14.4 Å². The lowest BCUT2D eigenvalue weighted by atomic mass is 10.1. The van der Waals surface area contributed by atoms with E-state index in [0.29, 0.717) is 10.7 Å². The lowest BCUT2D eigenvalue weighted by Crippen LogP contribution is -2.38. The molecule has 2 aromatic carbocycles. The predicted octanol–water partition coefficient (Wildman–Crippen LogP) is 2.73. The molecule has 0 radical (unpaired) electrons. The van der Waals surface area contributed by atoms with Gasteiger partial charge < -0.3 is 15.5 Å². The lowest BCUT2D eigenvalue weighted by molar-refractivity contribution is -0.127. The number of anilines is 2. The molecule has 0 saturated carbocycles. The summed E-state index contributed by atoms with van der Waals surface area (Å²) in [5.74, 6) is -4.04. The van der Waals surface area contributed by atoms with Crippen LogP contribution in [-0.4, -0.2) is 30.8 Å². The Morgan fingerprint density at radius 3 is 2.61 bits per heavy atom. The molecular weight excluding hydrogens is 392 g/mol. The van der Waals surface area contributed by atoms with Crippen LogP contribution < -0.4 is 15.5 Å². The molecule has 1 heterocycles. The van der Waals surface area contributed by atoms with E-state index in [1.54, 1.807) is 24.3 Å². The quantitative estimate of drug-likeness (QED) is 0.800. The van der Waals surface area contributed by atoms with Crippen molar-refractivity contribution in [3.05, 3.63) is 59.1 Å².